The predicted octanol–water partition coefficient (Wildman–Crippen LogP) is 5.30. The van der Waals surface area contributed by atoms with E-state index in [1.54, 1.807) is 7.11 Å². The molecule has 0 aromatic heterocycles. The number of aryl methyl sites for hydroxylation is 1. The van der Waals surface area contributed by atoms with E-state index in [1.807, 2.05) is 63.4 Å². The van der Waals surface area contributed by atoms with E-state index in [-0.39, 0.29) is 6.10 Å². The summed E-state index contributed by atoms with van der Waals surface area (Å²) in [7, 11) is 1.64. The van der Waals surface area contributed by atoms with Crippen molar-refractivity contribution in [3.8, 4) is 11.5 Å². The van der Waals surface area contributed by atoms with Gasteiger partial charge in [0.25, 0.3) is 0 Å². The van der Waals surface area contributed by atoms with Gasteiger partial charge in [-0.2, -0.15) is 0 Å². The molecule has 0 aliphatic carbocycles. The quantitative estimate of drug-likeness (QED) is 0.676. The van der Waals surface area contributed by atoms with Crippen LogP contribution in [0.2, 0.25) is 0 Å². The highest BCUT2D eigenvalue weighted by Gasteiger charge is 2.10. The first-order valence-electron chi connectivity index (χ1n) is 7.15. The molecule has 0 heterocycles. The topological polar surface area (TPSA) is 30.8 Å². The molecule has 2 aromatic carbocycles. The Kier molecular flexibility index (Phi) is 5.61. The Bertz CT molecular complexity index is 681. The second-order valence-electron chi connectivity index (χ2n) is 5.23. The molecule has 2 aromatic rings. The number of hydrogen-bond donors (Lipinski definition) is 0. The fourth-order valence-electron chi connectivity index (χ4n) is 2.06. The van der Waals surface area contributed by atoms with Crippen molar-refractivity contribution in [2.45, 2.75) is 26.9 Å². The summed E-state index contributed by atoms with van der Waals surface area (Å²) >= 11 is 3.46. The molecule has 0 unspecified atom stereocenters. The van der Waals surface area contributed by atoms with E-state index in [4.69, 9.17) is 9.47 Å². The van der Waals surface area contributed by atoms with E-state index < -0.39 is 0 Å². The number of para-hydroxylation sites is 1. The molecule has 0 bridgehead atoms. The number of methoxy groups -OCH3 is 1. The van der Waals surface area contributed by atoms with Crippen LogP contribution in [0.4, 0.5) is 5.69 Å². The third kappa shape index (κ3) is 4.10. The second-order valence-corrected chi connectivity index (χ2v) is 6.15. The largest absolute Gasteiger partial charge is 0.493 e. The number of aliphatic imine (C=N–C) groups is 1. The standard InChI is InChI=1S/C18H20BrNO2/c1-12(2)22-18-14(6-5-7-17(18)21-4)11-20-16-9-8-15(19)10-13(16)3/h5-12H,1-4H3. The Morgan fingerprint density at radius 1 is 1.18 bits per heavy atom. The Hall–Kier alpha value is -1.81. The third-order valence-electron chi connectivity index (χ3n) is 3.08. The van der Waals surface area contributed by atoms with E-state index in [2.05, 4.69) is 20.9 Å². The molecule has 0 spiro atoms. The first kappa shape index (κ1) is 16.6. The van der Waals surface area contributed by atoms with Crippen molar-refractivity contribution in [1.29, 1.82) is 0 Å². The average Bonchev–Trinajstić information content (AvgIpc) is 2.47. The molecule has 0 atom stereocenters. The van der Waals surface area contributed by atoms with Gasteiger partial charge >= 0.3 is 0 Å². The third-order valence-corrected chi connectivity index (χ3v) is 3.58. The molecule has 3 nitrogen and oxygen atoms in total. The van der Waals surface area contributed by atoms with Gasteiger partial charge in [-0.1, -0.05) is 22.0 Å². The predicted molar refractivity (Wildman–Crippen MR) is 94.9 cm³/mol. The molecule has 22 heavy (non-hydrogen) atoms. The van der Waals surface area contributed by atoms with Gasteiger partial charge in [0, 0.05) is 16.3 Å². The maximum absolute atomic E-state index is 5.88. The van der Waals surface area contributed by atoms with Crippen LogP contribution in [0.1, 0.15) is 25.0 Å². The van der Waals surface area contributed by atoms with Crippen molar-refractivity contribution < 1.29 is 9.47 Å². The molecule has 0 fully saturated rings. The number of ether oxygens (including phenoxy) is 2. The summed E-state index contributed by atoms with van der Waals surface area (Å²) in [5.74, 6) is 1.43. The summed E-state index contributed by atoms with van der Waals surface area (Å²) in [5.41, 5.74) is 2.94. The molecule has 0 aliphatic rings. The average molecular weight is 362 g/mol. The monoisotopic (exact) mass is 361 g/mol. The van der Waals surface area contributed by atoms with Gasteiger partial charge in [0.1, 0.15) is 0 Å². The van der Waals surface area contributed by atoms with E-state index in [9.17, 15) is 0 Å². The lowest BCUT2D eigenvalue weighted by atomic mass is 10.2. The second kappa shape index (κ2) is 7.45. The zero-order chi connectivity index (χ0) is 16.1. The summed E-state index contributed by atoms with van der Waals surface area (Å²) in [6.45, 7) is 6.02. The molecule has 4 heteroatoms. The number of halogens is 1. The highest BCUT2D eigenvalue weighted by Crippen LogP contribution is 2.31. The van der Waals surface area contributed by atoms with Crippen molar-refractivity contribution in [1.82, 2.24) is 0 Å². The van der Waals surface area contributed by atoms with Crippen molar-refractivity contribution in [2.24, 2.45) is 4.99 Å². The van der Waals surface area contributed by atoms with E-state index >= 15 is 0 Å². The molecule has 116 valence electrons. The molecule has 0 N–H and O–H groups in total. The normalized spacial score (nSPS) is 11.2. The number of hydrogen-bond acceptors (Lipinski definition) is 3. The summed E-state index contributed by atoms with van der Waals surface area (Å²) in [4.78, 5) is 4.58. The van der Waals surface area contributed by atoms with Crippen LogP contribution in [0.25, 0.3) is 0 Å². The zero-order valence-corrected chi connectivity index (χ0v) is 14.8. The van der Waals surface area contributed by atoms with Gasteiger partial charge in [-0.3, -0.25) is 4.99 Å². The van der Waals surface area contributed by atoms with Gasteiger partial charge in [0.05, 0.1) is 18.9 Å². The first-order valence-corrected chi connectivity index (χ1v) is 7.94. The van der Waals surface area contributed by atoms with E-state index in [0.29, 0.717) is 5.75 Å². The van der Waals surface area contributed by atoms with Gasteiger partial charge in [-0.05, 0) is 56.7 Å². The summed E-state index contributed by atoms with van der Waals surface area (Å²) in [6.07, 6.45) is 1.88. The Balaban J connectivity index is 2.37. The lowest BCUT2D eigenvalue weighted by molar-refractivity contribution is 0.230. The van der Waals surface area contributed by atoms with Crippen molar-refractivity contribution in [2.75, 3.05) is 7.11 Å². The SMILES string of the molecule is COc1cccc(C=Nc2ccc(Br)cc2C)c1OC(C)C. The van der Waals surface area contributed by atoms with Crippen LogP contribution in [0.5, 0.6) is 11.5 Å². The van der Waals surface area contributed by atoms with Crippen LogP contribution in [-0.2, 0) is 0 Å². The van der Waals surface area contributed by atoms with Gasteiger partial charge in [0.2, 0.25) is 0 Å². The van der Waals surface area contributed by atoms with Gasteiger partial charge < -0.3 is 9.47 Å². The summed E-state index contributed by atoms with van der Waals surface area (Å²) < 4.78 is 12.3. The lowest BCUT2D eigenvalue weighted by Gasteiger charge is -2.15. The number of rotatable bonds is 5. The summed E-state index contributed by atoms with van der Waals surface area (Å²) in [6, 6.07) is 11.8. The number of nitrogens with zero attached hydrogens (tertiary/aromatic N) is 1. The minimum atomic E-state index is 0.0675. The Morgan fingerprint density at radius 2 is 1.95 bits per heavy atom. The molecule has 0 saturated heterocycles. The fourth-order valence-corrected chi connectivity index (χ4v) is 2.54. The molecule has 0 saturated carbocycles. The van der Waals surface area contributed by atoms with Crippen LogP contribution < -0.4 is 9.47 Å². The van der Waals surface area contributed by atoms with Crippen LogP contribution >= 0.6 is 15.9 Å². The Labute approximate surface area is 140 Å². The van der Waals surface area contributed by atoms with E-state index in [0.717, 1.165) is 27.0 Å². The highest BCUT2D eigenvalue weighted by atomic mass is 79.9. The minimum Gasteiger partial charge on any atom is -0.493 e. The maximum Gasteiger partial charge on any atom is 0.170 e. The first-order chi connectivity index (χ1) is 10.5. The van der Waals surface area contributed by atoms with Crippen LogP contribution in [0.15, 0.2) is 45.9 Å². The van der Waals surface area contributed by atoms with Crippen LogP contribution in [0.3, 0.4) is 0 Å². The maximum atomic E-state index is 5.88. The highest BCUT2D eigenvalue weighted by molar-refractivity contribution is 9.10. The van der Waals surface area contributed by atoms with Crippen LogP contribution in [0, 0.1) is 6.92 Å². The van der Waals surface area contributed by atoms with Crippen molar-refractivity contribution in [3.05, 3.63) is 52.0 Å². The fraction of sp³-hybridized carbons (Fsp3) is 0.278. The molecule has 0 amide bonds. The zero-order valence-electron chi connectivity index (χ0n) is 13.3. The summed E-state index contributed by atoms with van der Waals surface area (Å²) in [5, 5.41) is 0. The van der Waals surface area contributed by atoms with Crippen LogP contribution in [-0.4, -0.2) is 19.4 Å². The smallest absolute Gasteiger partial charge is 0.170 e. The van der Waals surface area contributed by atoms with E-state index in [1.165, 1.54) is 0 Å². The van der Waals surface area contributed by atoms with Gasteiger partial charge in [-0.25, -0.2) is 0 Å². The molecular weight excluding hydrogens is 342 g/mol. The Morgan fingerprint density at radius 3 is 2.59 bits per heavy atom. The molecule has 2 rings (SSSR count). The molecular formula is C18H20BrNO2. The van der Waals surface area contributed by atoms with Gasteiger partial charge in [0.15, 0.2) is 11.5 Å². The molecule has 0 radical (unpaired) electrons. The number of benzene rings is 2. The minimum absolute atomic E-state index is 0.0675. The van der Waals surface area contributed by atoms with Crippen molar-refractivity contribution >= 4 is 27.8 Å². The lowest BCUT2D eigenvalue weighted by Crippen LogP contribution is -2.08. The van der Waals surface area contributed by atoms with Crippen molar-refractivity contribution in [3.63, 3.8) is 0 Å². The molecule has 0 aliphatic heterocycles. The van der Waals surface area contributed by atoms with Gasteiger partial charge in [-0.15, -0.1) is 0 Å².